The number of rotatable bonds is 11. The van der Waals surface area contributed by atoms with Gasteiger partial charge in [-0.2, -0.15) is 0 Å². The molecule has 9 heteroatoms. The molecule has 3 aromatic rings. The third kappa shape index (κ3) is 5.48. The zero-order chi connectivity index (χ0) is 23.9. The van der Waals surface area contributed by atoms with Gasteiger partial charge in [0.25, 0.3) is 11.8 Å². The Labute approximate surface area is 197 Å². The van der Waals surface area contributed by atoms with Crippen LogP contribution in [0.25, 0.3) is 0 Å². The molecule has 176 valence electrons. The molecule has 0 aliphatic carbocycles. The van der Waals surface area contributed by atoms with Gasteiger partial charge in [-0.25, -0.2) is 4.68 Å². The SMILES string of the molecule is COc1ccc(CCNC(=O)Cn2cc(CCCCN3C(=O)c4ccccc4C3=O)nn2)cc1. The number of imide groups is 1. The number of nitrogens with zero attached hydrogens (tertiary/aromatic N) is 4. The van der Waals surface area contributed by atoms with Crippen molar-refractivity contribution in [1.29, 1.82) is 0 Å². The molecular formula is C25H27N5O4. The van der Waals surface area contributed by atoms with E-state index in [0.717, 1.165) is 29.8 Å². The zero-order valence-electron chi connectivity index (χ0n) is 19.1. The van der Waals surface area contributed by atoms with Crippen LogP contribution in [0.4, 0.5) is 0 Å². The van der Waals surface area contributed by atoms with Crippen molar-refractivity contribution in [1.82, 2.24) is 25.2 Å². The molecule has 1 aliphatic heterocycles. The summed E-state index contributed by atoms with van der Waals surface area (Å²) in [5.74, 6) is 0.211. The molecule has 0 radical (unpaired) electrons. The maximum absolute atomic E-state index is 12.4. The first-order valence-electron chi connectivity index (χ1n) is 11.3. The van der Waals surface area contributed by atoms with Crippen LogP contribution in [0, 0.1) is 0 Å². The molecule has 9 nitrogen and oxygen atoms in total. The van der Waals surface area contributed by atoms with Crippen molar-refractivity contribution in [3.8, 4) is 5.75 Å². The third-order valence-electron chi connectivity index (χ3n) is 5.73. The molecule has 4 rings (SSSR count). The van der Waals surface area contributed by atoms with Crippen molar-refractivity contribution in [3.05, 3.63) is 77.1 Å². The van der Waals surface area contributed by atoms with E-state index in [4.69, 9.17) is 4.74 Å². The van der Waals surface area contributed by atoms with Gasteiger partial charge >= 0.3 is 0 Å². The predicted molar refractivity (Wildman–Crippen MR) is 124 cm³/mol. The predicted octanol–water partition coefficient (Wildman–Crippen LogP) is 2.26. The lowest BCUT2D eigenvalue weighted by atomic mass is 10.1. The Balaban J connectivity index is 1.15. The highest BCUT2D eigenvalue weighted by Crippen LogP contribution is 2.22. The van der Waals surface area contributed by atoms with E-state index in [0.29, 0.717) is 37.1 Å². The van der Waals surface area contributed by atoms with Gasteiger partial charge in [0.1, 0.15) is 12.3 Å². The molecule has 0 spiro atoms. The maximum Gasteiger partial charge on any atom is 0.261 e. The highest BCUT2D eigenvalue weighted by Gasteiger charge is 2.34. The number of methoxy groups -OCH3 is 1. The van der Waals surface area contributed by atoms with E-state index in [1.807, 2.05) is 24.3 Å². The summed E-state index contributed by atoms with van der Waals surface area (Å²) in [6, 6.07) is 14.6. The number of nitrogens with one attached hydrogen (secondary N) is 1. The molecule has 1 aromatic heterocycles. The van der Waals surface area contributed by atoms with Crippen LogP contribution in [0.1, 0.15) is 44.8 Å². The van der Waals surface area contributed by atoms with Crippen LogP contribution >= 0.6 is 0 Å². The summed E-state index contributed by atoms with van der Waals surface area (Å²) >= 11 is 0. The molecule has 0 saturated heterocycles. The second-order valence-electron chi connectivity index (χ2n) is 8.12. The topological polar surface area (TPSA) is 106 Å². The number of hydrogen-bond acceptors (Lipinski definition) is 6. The van der Waals surface area contributed by atoms with Crippen LogP contribution in [-0.2, 0) is 24.2 Å². The number of carbonyl (C=O) groups is 3. The standard InChI is InChI=1S/C25H27N5O4/c1-34-20-11-9-18(10-12-20)13-14-26-23(31)17-29-16-19(27-28-29)6-4-5-15-30-24(32)21-7-2-3-8-22(21)25(30)33/h2-3,7-12,16H,4-6,13-15,17H2,1H3,(H,26,31). The molecule has 0 atom stereocenters. The van der Waals surface area contributed by atoms with Crippen molar-refractivity contribution >= 4 is 17.7 Å². The van der Waals surface area contributed by atoms with Gasteiger partial charge in [0.15, 0.2) is 0 Å². The monoisotopic (exact) mass is 461 g/mol. The van der Waals surface area contributed by atoms with Crippen LogP contribution in [0.2, 0.25) is 0 Å². The number of benzene rings is 2. The van der Waals surface area contributed by atoms with Gasteiger partial charge in [-0.1, -0.05) is 29.5 Å². The lowest BCUT2D eigenvalue weighted by molar-refractivity contribution is -0.121. The van der Waals surface area contributed by atoms with Crippen molar-refractivity contribution < 1.29 is 19.1 Å². The van der Waals surface area contributed by atoms with E-state index in [1.54, 1.807) is 37.6 Å². The molecule has 0 unspecified atom stereocenters. The summed E-state index contributed by atoms with van der Waals surface area (Å²) in [6.45, 7) is 1.01. The Bertz CT molecular complexity index is 1140. The van der Waals surface area contributed by atoms with Gasteiger partial charge < -0.3 is 10.1 Å². The summed E-state index contributed by atoms with van der Waals surface area (Å²) < 4.78 is 6.66. The molecule has 2 heterocycles. The molecule has 0 saturated carbocycles. The summed E-state index contributed by atoms with van der Waals surface area (Å²) in [4.78, 5) is 38.3. The molecule has 2 aromatic carbocycles. The van der Waals surface area contributed by atoms with Gasteiger partial charge in [-0.3, -0.25) is 19.3 Å². The highest BCUT2D eigenvalue weighted by molar-refractivity contribution is 6.21. The van der Waals surface area contributed by atoms with E-state index in [1.165, 1.54) is 9.58 Å². The second kappa shape index (κ2) is 10.7. The van der Waals surface area contributed by atoms with E-state index < -0.39 is 0 Å². The fraction of sp³-hybridized carbons (Fsp3) is 0.320. The van der Waals surface area contributed by atoms with Gasteiger partial charge in [0.2, 0.25) is 5.91 Å². The molecule has 0 fully saturated rings. The lowest BCUT2D eigenvalue weighted by Gasteiger charge is -2.13. The van der Waals surface area contributed by atoms with E-state index in [2.05, 4.69) is 15.6 Å². The van der Waals surface area contributed by atoms with Crippen LogP contribution in [0.3, 0.4) is 0 Å². The van der Waals surface area contributed by atoms with E-state index in [9.17, 15) is 14.4 Å². The number of fused-ring (bicyclic) bond motifs is 1. The number of aryl methyl sites for hydroxylation is 1. The van der Waals surface area contributed by atoms with Crippen LogP contribution in [-0.4, -0.2) is 57.8 Å². The Morgan fingerprint density at radius 2 is 1.68 bits per heavy atom. The molecule has 0 bridgehead atoms. The Kier molecular flexibility index (Phi) is 7.31. The minimum atomic E-state index is -0.232. The molecule has 1 N–H and O–H groups in total. The smallest absolute Gasteiger partial charge is 0.261 e. The van der Waals surface area contributed by atoms with E-state index >= 15 is 0 Å². The number of unbranched alkanes of at least 4 members (excludes halogenated alkanes) is 1. The zero-order valence-corrected chi connectivity index (χ0v) is 19.1. The molecule has 1 aliphatic rings. The van der Waals surface area contributed by atoms with Gasteiger partial charge in [-0.05, 0) is 55.5 Å². The quantitative estimate of drug-likeness (QED) is 0.347. The largest absolute Gasteiger partial charge is 0.497 e. The fourth-order valence-corrected chi connectivity index (χ4v) is 3.89. The number of ether oxygens (including phenoxy) is 1. The Morgan fingerprint density at radius 1 is 0.971 bits per heavy atom. The average Bonchev–Trinajstić information content (AvgIpc) is 3.39. The average molecular weight is 462 g/mol. The fourth-order valence-electron chi connectivity index (χ4n) is 3.89. The minimum absolute atomic E-state index is 0.102. The van der Waals surface area contributed by atoms with Gasteiger partial charge in [0, 0.05) is 19.3 Å². The van der Waals surface area contributed by atoms with Crippen LogP contribution in [0.5, 0.6) is 5.75 Å². The van der Waals surface area contributed by atoms with Crippen molar-refractivity contribution in [2.45, 2.75) is 32.2 Å². The third-order valence-corrected chi connectivity index (χ3v) is 5.73. The number of amides is 3. The number of aromatic nitrogens is 3. The Hall–Kier alpha value is -4.01. The molecule has 34 heavy (non-hydrogen) atoms. The van der Waals surface area contributed by atoms with Gasteiger partial charge in [-0.15, -0.1) is 5.10 Å². The number of hydrogen-bond donors (Lipinski definition) is 1. The van der Waals surface area contributed by atoms with Gasteiger partial charge in [0.05, 0.1) is 23.9 Å². The first kappa shape index (κ1) is 23.2. The first-order valence-corrected chi connectivity index (χ1v) is 11.3. The summed E-state index contributed by atoms with van der Waals surface area (Å²) in [5.41, 5.74) is 2.83. The summed E-state index contributed by atoms with van der Waals surface area (Å²) in [6.07, 6.45) is 4.56. The van der Waals surface area contributed by atoms with Crippen LogP contribution < -0.4 is 10.1 Å². The van der Waals surface area contributed by atoms with Crippen molar-refractivity contribution in [2.24, 2.45) is 0 Å². The first-order chi connectivity index (χ1) is 16.5. The second-order valence-corrected chi connectivity index (χ2v) is 8.12. The highest BCUT2D eigenvalue weighted by atomic mass is 16.5. The Morgan fingerprint density at radius 3 is 2.35 bits per heavy atom. The van der Waals surface area contributed by atoms with Crippen LogP contribution in [0.15, 0.2) is 54.7 Å². The summed E-state index contributed by atoms with van der Waals surface area (Å²) in [7, 11) is 1.63. The molecular weight excluding hydrogens is 434 g/mol. The van der Waals surface area contributed by atoms with Crippen molar-refractivity contribution in [3.63, 3.8) is 0 Å². The molecule has 3 amide bonds. The number of carbonyl (C=O) groups excluding carboxylic acids is 3. The van der Waals surface area contributed by atoms with Crippen molar-refractivity contribution in [2.75, 3.05) is 20.2 Å². The lowest BCUT2D eigenvalue weighted by Crippen LogP contribution is -2.30. The normalized spacial score (nSPS) is 12.7. The van der Waals surface area contributed by atoms with E-state index in [-0.39, 0.29) is 24.3 Å². The maximum atomic E-state index is 12.4. The summed E-state index contributed by atoms with van der Waals surface area (Å²) in [5, 5.41) is 11.0. The minimum Gasteiger partial charge on any atom is -0.497 e.